The van der Waals surface area contributed by atoms with Crippen LogP contribution in [0.15, 0.2) is 77.7 Å². The number of esters is 1. The Kier molecular flexibility index (Phi) is 7.60. The summed E-state index contributed by atoms with van der Waals surface area (Å²) < 4.78 is 37.9. The minimum atomic E-state index is -3.79. The molecule has 4 rings (SSSR count). The van der Waals surface area contributed by atoms with Gasteiger partial charge in [0.15, 0.2) is 6.61 Å². The average Bonchev–Trinajstić information content (AvgIpc) is 2.89. The fourth-order valence-corrected chi connectivity index (χ4v) is 5.45. The minimum Gasteiger partial charge on any atom is -0.452 e. The third kappa shape index (κ3) is 5.76. The Morgan fingerprint density at radius 3 is 2.40 bits per heavy atom. The summed E-state index contributed by atoms with van der Waals surface area (Å²) in [6.07, 6.45) is 0. The molecule has 0 bridgehead atoms. The van der Waals surface area contributed by atoms with Crippen molar-refractivity contribution in [3.8, 4) is 11.1 Å². The van der Waals surface area contributed by atoms with Crippen LogP contribution in [0.25, 0.3) is 11.1 Å². The van der Waals surface area contributed by atoms with E-state index in [2.05, 4.69) is 5.32 Å². The van der Waals surface area contributed by atoms with Gasteiger partial charge in [-0.15, -0.1) is 0 Å². The van der Waals surface area contributed by atoms with E-state index in [4.69, 9.17) is 9.47 Å². The first-order valence-corrected chi connectivity index (χ1v) is 12.6. The Balaban J connectivity index is 1.43. The third-order valence-corrected chi connectivity index (χ3v) is 7.67. The van der Waals surface area contributed by atoms with Crippen LogP contribution in [0.5, 0.6) is 0 Å². The van der Waals surface area contributed by atoms with Gasteiger partial charge in [0.2, 0.25) is 10.0 Å². The van der Waals surface area contributed by atoms with Crippen LogP contribution in [0, 0.1) is 6.92 Å². The van der Waals surface area contributed by atoms with Gasteiger partial charge in [0, 0.05) is 24.3 Å². The number of hydrogen-bond donors (Lipinski definition) is 1. The summed E-state index contributed by atoms with van der Waals surface area (Å²) in [6, 6.07) is 21.3. The zero-order valence-electron chi connectivity index (χ0n) is 19.3. The van der Waals surface area contributed by atoms with Crippen LogP contribution < -0.4 is 5.32 Å². The van der Waals surface area contributed by atoms with E-state index >= 15 is 0 Å². The lowest BCUT2D eigenvalue weighted by Crippen LogP contribution is -2.40. The van der Waals surface area contributed by atoms with Crippen LogP contribution in [0.3, 0.4) is 0 Å². The molecule has 0 atom stereocenters. The van der Waals surface area contributed by atoms with Crippen LogP contribution >= 0.6 is 0 Å². The summed E-state index contributed by atoms with van der Waals surface area (Å²) in [5, 5.41) is 2.77. The third-order valence-electron chi connectivity index (χ3n) is 5.63. The number of sulfonamides is 1. The van der Waals surface area contributed by atoms with Crippen molar-refractivity contribution in [1.29, 1.82) is 0 Å². The molecule has 3 aromatic rings. The van der Waals surface area contributed by atoms with E-state index < -0.39 is 28.5 Å². The van der Waals surface area contributed by atoms with Gasteiger partial charge in [-0.2, -0.15) is 4.31 Å². The smallest absolute Gasteiger partial charge is 0.338 e. The first-order valence-electron chi connectivity index (χ1n) is 11.2. The summed E-state index contributed by atoms with van der Waals surface area (Å²) >= 11 is 0. The Morgan fingerprint density at radius 2 is 1.66 bits per heavy atom. The van der Waals surface area contributed by atoms with Crippen molar-refractivity contribution >= 4 is 27.6 Å². The number of nitrogens with one attached hydrogen (secondary N) is 1. The normalized spacial score (nSPS) is 14.3. The van der Waals surface area contributed by atoms with Gasteiger partial charge in [-0.25, -0.2) is 13.2 Å². The predicted octanol–water partition coefficient (Wildman–Crippen LogP) is 3.48. The van der Waals surface area contributed by atoms with E-state index in [9.17, 15) is 18.0 Å². The molecule has 0 radical (unpaired) electrons. The summed E-state index contributed by atoms with van der Waals surface area (Å²) in [6.45, 7) is 2.30. The molecule has 35 heavy (non-hydrogen) atoms. The Labute approximate surface area is 204 Å². The van der Waals surface area contributed by atoms with Gasteiger partial charge in [0.25, 0.3) is 5.91 Å². The molecule has 1 N–H and O–H groups in total. The molecule has 0 aromatic heterocycles. The second-order valence-corrected chi connectivity index (χ2v) is 9.94. The van der Waals surface area contributed by atoms with E-state index in [1.165, 1.54) is 16.4 Å². The van der Waals surface area contributed by atoms with Gasteiger partial charge in [-0.3, -0.25) is 4.79 Å². The number of nitrogens with zero attached hydrogens (tertiary/aromatic N) is 1. The lowest BCUT2D eigenvalue weighted by atomic mass is 10.0. The molecule has 3 aromatic carbocycles. The lowest BCUT2D eigenvalue weighted by Gasteiger charge is -2.26. The monoisotopic (exact) mass is 494 g/mol. The first-order chi connectivity index (χ1) is 16.9. The molecule has 0 saturated carbocycles. The molecule has 1 saturated heterocycles. The number of rotatable bonds is 7. The van der Waals surface area contributed by atoms with Crippen molar-refractivity contribution in [3.63, 3.8) is 0 Å². The molecule has 0 spiro atoms. The van der Waals surface area contributed by atoms with E-state index in [0.717, 1.165) is 11.1 Å². The maximum atomic E-state index is 13.1. The molecule has 8 nitrogen and oxygen atoms in total. The topological polar surface area (TPSA) is 102 Å². The Morgan fingerprint density at radius 1 is 0.971 bits per heavy atom. The largest absolute Gasteiger partial charge is 0.452 e. The number of carbonyl (C=O) groups is 2. The zero-order valence-corrected chi connectivity index (χ0v) is 20.1. The Hall–Kier alpha value is -3.53. The number of anilines is 1. The molecule has 1 heterocycles. The van der Waals surface area contributed by atoms with Crippen LogP contribution in [-0.2, 0) is 24.3 Å². The van der Waals surface area contributed by atoms with Crippen LogP contribution in [-0.4, -0.2) is 57.5 Å². The maximum Gasteiger partial charge on any atom is 0.338 e. The quantitative estimate of drug-likeness (QED) is 0.505. The van der Waals surface area contributed by atoms with Crippen molar-refractivity contribution in [2.24, 2.45) is 0 Å². The van der Waals surface area contributed by atoms with E-state index in [1.807, 2.05) is 42.5 Å². The summed E-state index contributed by atoms with van der Waals surface area (Å²) in [4.78, 5) is 25.2. The second kappa shape index (κ2) is 10.8. The molecule has 9 heteroatoms. The van der Waals surface area contributed by atoms with E-state index in [-0.39, 0.29) is 23.5 Å². The molecule has 1 amide bonds. The number of aryl methyl sites for hydroxylation is 1. The van der Waals surface area contributed by atoms with Crippen molar-refractivity contribution in [2.75, 3.05) is 38.2 Å². The standard InChI is InChI=1S/C26H26N2O6S/c1-19-11-12-21(17-24(19)35(31,32)28-13-15-33-16-14-28)26(30)34-18-25(29)27-23-10-6-5-9-22(23)20-7-3-2-4-8-20/h2-12,17H,13-16,18H2,1H3,(H,27,29). The van der Waals surface area contributed by atoms with E-state index in [1.54, 1.807) is 25.1 Å². The van der Waals surface area contributed by atoms with Gasteiger partial charge in [0.1, 0.15) is 0 Å². The van der Waals surface area contributed by atoms with E-state index in [0.29, 0.717) is 24.5 Å². The number of ether oxygens (including phenoxy) is 2. The van der Waals surface area contributed by atoms with Crippen molar-refractivity contribution in [3.05, 3.63) is 83.9 Å². The highest BCUT2D eigenvalue weighted by Gasteiger charge is 2.28. The number of carbonyl (C=O) groups excluding carboxylic acids is 2. The molecule has 1 aliphatic rings. The van der Waals surface area contributed by atoms with Crippen molar-refractivity contribution in [2.45, 2.75) is 11.8 Å². The van der Waals surface area contributed by atoms with Crippen LogP contribution in [0.2, 0.25) is 0 Å². The molecule has 182 valence electrons. The minimum absolute atomic E-state index is 0.0371. The molecular weight excluding hydrogens is 468 g/mol. The highest BCUT2D eigenvalue weighted by Crippen LogP contribution is 2.27. The van der Waals surface area contributed by atoms with Crippen molar-refractivity contribution in [1.82, 2.24) is 4.31 Å². The van der Waals surface area contributed by atoms with Gasteiger partial charge < -0.3 is 14.8 Å². The second-order valence-electron chi connectivity index (χ2n) is 8.03. The number of morpholine rings is 1. The molecule has 0 aliphatic carbocycles. The summed E-state index contributed by atoms with van der Waals surface area (Å²) in [5.41, 5.74) is 2.94. The maximum absolute atomic E-state index is 13.1. The van der Waals surface area contributed by atoms with Gasteiger partial charge >= 0.3 is 5.97 Å². The number of amides is 1. The van der Waals surface area contributed by atoms with Crippen LogP contribution in [0.1, 0.15) is 15.9 Å². The molecule has 1 fully saturated rings. The van der Waals surface area contributed by atoms with Gasteiger partial charge in [-0.05, 0) is 36.2 Å². The zero-order chi connectivity index (χ0) is 24.8. The lowest BCUT2D eigenvalue weighted by molar-refractivity contribution is -0.119. The SMILES string of the molecule is Cc1ccc(C(=O)OCC(=O)Nc2ccccc2-c2ccccc2)cc1S(=O)(=O)N1CCOCC1. The number of benzene rings is 3. The van der Waals surface area contributed by atoms with Crippen molar-refractivity contribution < 1.29 is 27.5 Å². The van der Waals surface area contributed by atoms with Crippen LogP contribution in [0.4, 0.5) is 5.69 Å². The van der Waals surface area contributed by atoms with Gasteiger partial charge in [0.05, 0.1) is 23.7 Å². The number of para-hydroxylation sites is 1. The first kappa shape index (κ1) is 24.6. The highest BCUT2D eigenvalue weighted by atomic mass is 32.2. The summed E-state index contributed by atoms with van der Waals surface area (Å²) in [5.74, 6) is -1.29. The number of hydrogen-bond acceptors (Lipinski definition) is 6. The molecular formula is C26H26N2O6S. The highest BCUT2D eigenvalue weighted by molar-refractivity contribution is 7.89. The average molecular weight is 495 g/mol. The Bertz CT molecular complexity index is 1320. The summed E-state index contributed by atoms with van der Waals surface area (Å²) in [7, 11) is -3.79. The predicted molar refractivity (Wildman–Crippen MR) is 132 cm³/mol. The fourth-order valence-electron chi connectivity index (χ4n) is 3.79. The fraction of sp³-hybridized carbons (Fsp3) is 0.231. The molecule has 1 aliphatic heterocycles. The van der Waals surface area contributed by atoms with Gasteiger partial charge in [-0.1, -0.05) is 54.6 Å². The molecule has 0 unspecified atom stereocenters.